The van der Waals surface area contributed by atoms with Gasteiger partial charge in [0.2, 0.25) is 6.41 Å². The molecule has 0 amide bonds. The van der Waals surface area contributed by atoms with Gasteiger partial charge in [-0.2, -0.15) is 5.10 Å². The number of methoxy groups -OCH3 is 2. The highest BCUT2D eigenvalue weighted by atomic mass is 16.7. The summed E-state index contributed by atoms with van der Waals surface area (Å²) in [6.45, 7) is 4.70. The molecule has 1 heterocycles. The molecule has 2 rings (SSSR count). The fourth-order valence-corrected chi connectivity index (χ4v) is 2.89. The third-order valence-corrected chi connectivity index (χ3v) is 3.84. The fraction of sp³-hybridized carbons (Fsp3) is 0.733. The van der Waals surface area contributed by atoms with Gasteiger partial charge < -0.3 is 9.47 Å². The summed E-state index contributed by atoms with van der Waals surface area (Å²) in [5, 5.41) is 4.68. The molecular weight excluding hydrogens is 270 g/mol. The van der Waals surface area contributed by atoms with E-state index in [-0.39, 0.29) is 11.8 Å². The normalized spacial score (nSPS) is 15.3. The van der Waals surface area contributed by atoms with Gasteiger partial charge >= 0.3 is 0 Å². The van der Waals surface area contributed by atoms with Gasteiger partial charge in [-0.05, 0) is 33.7 Å². The van der Waals surface area contributed by atoms with E-state index in [9.17, 15) is 4.79 Å². The summed E-state index contributed by atoms with van der Waals surface area (Å²) in [7, 11) is 5.13. The van der Waals surface area contributed by atoms with Crippen LogP contribution in [0.4, 0.5) is 0 Å². The van der Waals surface area contributed by atoms with E-state index in [0.717, 1.165) is 29.8 Å². The van der Waals surface area contributed by atoms with Crippen molar-refractivity contribution in [2.75, 3.05) is 21.3 Å². The number of carbonyl (C=O) groups is 1. The number of hydrogen-bond acceptors (Lipinski definition) is 5. The van der Waals surface area contributed by atoms with Crippen molar-refractivity contribution in [3.05, 3.63) is 17.0 Å². The lowest BCUT2D eigenvalue weighted by Gasteiger charge is -2.24. The number of Topliss-reactive ketones (excluding diaryl/α,β-unsaturated/α-hetero) is 1. The minimum atomic E-state index is -0.413. The maximum atomic E-state index is 12.2. The number of fused-ring (bicyclic) bond motifs is 1. The second-order valence-electron chi connectivity index (χ2n) is 5.78. The van der Waals surface area contributed by atoms with Crippen LogP contribution in [0.2, 0.25) is 0 Å². The lowest BCUT2D eigenvalue weighted by Crippen LogP contribution is -2.34. The zero-order valence-electron chi connectivity index (χ0n) is 13.5. The van der Waals surface area contributed by atoms with Gasteiger partial charge in [-0.15, -0.1) is 0 Å². The molecule has 0 aromatic carbocycles. The Morgan fingerprint density at radius 2 is 1.95 bits per heavy atom. The first-order valence-electron chi connectivity index (χ1n) is 7.38. The molecule has 0 fully saturated rings. The van der Waals surface area contributed by atoms with Crippen LogP contribution in [-0.4, -0.2) is 48.1 Å². The molecule has 6 nitrogen and oxygen atoms in total. The van der Waals surface area contributed by atoms with E-state index in [2.05, 4.69) is 18.9 Å². The standard InChI is InChI=1S/C15H25N3O3/c1-10(2)18-14-11(7-6-8-13(14)19)12(16-18)9-17(3)15(20-4)21-5/h10,15H,6-9H2,1-5H3. The first-order valence-corrected chi connectivity index (χ1v) is 7.38. The van der Waals surface area contributed by atoms with Gasteiger partial charge in [0.15, 0.2) is 5.78 Å². The highest BCUT2D eigenvalue weighted by molar-refractivity contribution is 5.97. The molecule has 21 heavy (non-hydrogen) atoms. The van der Waals surface area contributed by atoms with Gasteiger partial charge in [0.25, 0.3) is 0 Å². The van der Waals surface area contributed by atoms with Crippen LogP contribution < -0.4 is 0 Å². The lowest BCUT2D eigenvalue weighted by atomic mass is 9.94. The molecule has 1 aliphatic carbocycles. The smallest absolute Gasteiger partial charge is 0.218 e. The highest BCUT2D eigenvalue weighted by Crippen LogP contribution is 2.27. The Morgan fingerprint density at radius 3 is 2.52 bits per heavy atom. The Bertz CT molecular complexity index is 507. The fourth-order valence-electron chi connectivity index (χ4n) is 2.89. The first-order chi connectivity index (χ1) is 9.99. The number of carbonyl (C=O) groups excluding carboxylic acids is 1. The summed E-state index contributed by atoms with van der Waals surface area (Å²) >= 11 is 0. The van der Waals surface area contributed by atoms with Gasteiger partial charge in [0, 0.05) is 38.8 Å². The van der Waals surface area contributed by atoms with Crippen molar-refractivity contribution >= 4 is 5.78 Å². The highest BCUT2D eigenvalue weighted by Gasteiger charge is 2.28. The van der Waals surface area contributed by atoms with E-state index in [4.69, 9.17) is 9.47 Å². The predicted molar refractivity (Wildman–Crippen MR) is 79.2 cm³/mol. The molecule has 118 valence electrons. The molecule has 1 aromatic heterocycles. The molecule has 0 N–H and O–H groups in total. The van der Waals surface area contributed by atoms with E-state index >= 15 is 0 Å². The molecule has 0 aliphatic heterocycles. The van der Waals surface area contributed by atoms with E-state index < -0.39 is 6.41 Å². The van der Waals surface area contributed by atoms with Crippen molar-refractivity contribution in [1.82, 2.24) is 14.7 Å². The summed E-state index contributed by atoms with van der Waals surface area (Å²) in [5.74, 6) is 0.210. The predicted octanol–water partition coefficient (Wildman–Crippen LogP) is 1.99. The topological polar surface area (TPSA) is 56.6 Å². The Morgan fingerprint density at radius 1 is 1.29 bits per heavy atom. The van der Waals surface area contributed by atoms with Crippen LogP contribution in [-0.2, 0) is 22.4 Å². The van der Waals surface area contributed by atoms with Crippen LogP contribution in [0, 0.1) is 0 Å². The SMILES string of the molecule is COC(OC)N(C)Cc1nn(C(C)C)c2c1CCCC2=O. The molecule has 0 bridgehead atoms. The second-order valence-corrected chi connectivity index (χ2v) is 5.78. The van der Waals surface area contributed by atoms with Gasteiger partial charge in [-0.25, -0.2) is 0 Å². The van der Waals surface area contributed by atoms with Crippen LogP contribution in [0.1, 0.15) is 54.5 Å². The molecule has 6 heteroatoms. The molecular formula is C15H25N3O3. The summed E-state index contributed by atoms with van der Waals surface area (Å²) in [6, 6.07) is 0.181. The van der Waals surface area contributed by atoms with Crippen LogP contribution in [0.3, 0.4) is 0 Å². The van der Waals surface area contributed by atoms with E-state index in [1.165, 1.54) is 0 Å². The summed E-state index contributed by atoms with van der Waals surface area (Å²) in [4.78, 5) is 14.2. The number of ether oxygens (including phenoxy) is 2. The molecule has 1 aliphatic rings. The van der Waals surface area contributed by atoms with E-state index in [1.54, 1.807) is 14.2 Å². The molecule has 1 aromatic rings. The van der Waals surface area contributed by atoms with Crippen molar-refractivity contribution in [3.8, 4) is 0 Å². The van der Waals surface area contributed by atoms with Gasteiger partial charge in [0.1, 0.15) is 5.69 Å². The molecule has 0 radical (unpaired) electrons. The van der Waals surface area contributed by atoms with Crippen LogP contribution in [0.15, 0.2) is 0 Å². The van der Waals surface area contributed by atoms with E-state index in [0.29, 0.717) is 13.0 Å². The first kappa shape index (κ1) is 16.1. The Balaban J connectivity index is 2.32. The van der Waals surface area contributed by atoms with Crippen molar-refractivity contribution in [1.29, 1.82) is 0 Å². The maximum Gasteiger partial charge on any atom is 0.218 e. The van der Waals surface area contributed by atoms with Crippen molar-refractivity contribution < 1.29 is 14.3 Å². The number of ketones is 1. The zero-order valence-corrected chi connectivity index (χ0v) is 13.5. The Kier molecular flexibility index (Phi) is 5.13. The minimum Gasteiger partial charge on any atom is -0.343 e. The molecule has 0 unspecified atom stereocenters. The third-order valence-electron chi connectivity index (χ3n) is 3.84. The Hall–Kier alpha value is -1.24. The van der Waals surface area contributed by atoms with Gasteiger partial charge in [0.05, 0.1) is 5.69 Å². The average Bonchev–Trinajstić information content (AvgIpc) is 2.81. The van der Waals surface area contributed by atoms with E-state index in [1.807, 2.05) is 16.6 Å². The molecule has 0 saturated heterocycles. The zero-order chi connectivity index (χ0) is 15.6. The number of rotatable bonds is 6. The average molecular weight is 295 g/mol. The minimum absolute atomic E-state index is 0.181. The van der Waals surface area contributed by atoms with Crippen molar-refractivity contribution in [2.45, 2.75) is 52.1 Å². The molecule has 0 saturated carbocycles. The molecule has 0 spiro atoms. The lowest BCUT2D eigenvalue weighted by molar-refractivity contribution is -0.191. The monoisotopic (exact) mass is 295 g/mol. The number of nitrogens with zero attached hydrogens (tertiary/aromatic N) is 3. The summed E-state index contributed by atoms with van der Waals surface area (Å²) in [6.07, 6.45) is 2.04. The van der Waals surface area contributed by atoms with Crippen molar-refractivity contribution in [2.24, 2.45) is 0 Å². The molecule has 0 atom stereocenters. The number of hydrogen-bond donors (Lipinski definition) is 0. The second kappa shape index (κ2) is 6.68. The van der Waals surface area contributed by atoms with Gasteiger partial charge in [-0.1, -0.05) is 0 Å². The quantitative estimate of drug-likeness (QED) is 0.751. The largest absolute Gasteiger partial charge is 0.343 e. The number of aromatic nitrogens is 2. The van der Waals surface area contributed by atoms with Crippen LogP contribution in [0.25, 0.3) is 0 Å². The van der Waals surface area contributed by atoms with Crippen LogP contribution >= 0.6 is 0 Å². The Labute approximate surface area is 126 Å². The van der Waals surface area contributed by atoms with Crippen LogP contribution in [0.5, 0.6) is 0 Å². The third kappa shape index (κ3) is 3.17. The van der Waals surface area contributed by atoms with Gasteiger partial charge in [-0.3, -0.25) is 14.4 Å². The maximum absolute atomic E-state index is 12.2. The summed E-state index contributed by atoms with van der Waals surface area (Å²) < 4.78 is 12.4. The summed E-state index contributed by atoms with van der Waals surface area (Å²) in [5.41, 5.74) is 2.84. The van der Waals surface area contributed by atoms with Crippen molar-refractivity contribution in [3.63, 3.8) is 0 Å².